The number of carbonyl (C=O) groups excluding carboxylic acids is 1. The van der Waals surface area contributed by atoms with E-state index in [1.54, 1.807) is 21.6 Å². The highest BCUT2D eigenvalue weighted by molar-refractivity contribution is 8.76. The van der Waals surface area contributed by atoms with Crippen LogP contribution in [-0.2, 0) is 9.53 Å². The summed E-state index contributed by atoms with van der Waals surface area (Å²) in [6, 6.07) is 0. The van der Waals surface area contributed by atoms with E-state index in [1.165, 1.54) is 0 Å². The van der Waals surface area contributed by atoms with E-state index in [0.29, 0.717) is 13.2 Å². The van der Waals surface area contributed by atoms with E-state index in [2.05, 4.69) is 0 Å². The largest absolute Gasteiger partial charge is 0.465 e. The molecule has 0 saturated carbocycles. The van der Waals surface area contributed by atoms with E-state index in [4.69, 9.17) is 10.5 Å². The third kappa shape index (κ3) is 8.46. The number of nitrogens with two attached hydrogens (primary N) is 1. The van der Waals surface area contributed by atoms with E-state index in [-0.39, 0.29) is 11.9 Å². The quantitative estimate of drug-likeness (QED) is 0.403. The van der Waals surface area contributed by atoms with Crippen molar-refractivity contribution in [1.82, 2.24) is 0 Å². The number of hydrogen-bond donors (Lipinski definition) is 1. The summed E-state index contributed by atoms with van der Waals surface area (Å²) < 4.78 is 4.98. The fourth-order valence-electron chi connectivity index (χ4n) is 0.509. The number of rotatable bonds is 7. The Morgan fingerprint density at radius 3 is 2.54 bits per heavy atom. The minimum absolute atomic E-state index is 0.0262. The maximum Gasteiger partial charge on any atom is 0.308 e. The molecule has 0 aliphatic carbocycles. The van der Waals surface area contributed by atoms with Crippen molar-refractivity contribution in [3.8, 4) is 0 Å². The highest BCUT2D eigenvalue weighted by Crippen LogP contribution is 2.19. The Morgan fingerprint density at radius 1 is 1.38 bits per heavy atom. The lowest BCUT2D eigenvalue weighted by atomic mass is 10.2. The van der Waals surface area contributed by atoms with Gasteiger partial charge in [-0.1, -0.05) is 35.4 Å². The standard InChI is InChI=1S/C8H17NO2S2/c1-7(2)8(10)11-4-6-13-12-5-3-9/h7H,3-6,9H2,1-2H3. The summed E-state index contributed by atoms with van der Waals surface area (Å²) in [6.07, 6.45) is 0. The lowest BCUT2D eigenvalue weighted by Gasteiger charge is -2.05. The van der Waals surface area contributed by atoms with Gasteiger partial charge in [0.25, 0.3) is 0 Å². The second-order valence-electron chi connectivity index (χ2n) is 2.75. The van der Waals surface area contributed by atoms with Crippen LogP contribution in [0.15, 0.2) is 0 Å². The van der Waals surface area contributed by atoms with E-state index in [1.807, 2.05) is 13.8 Å². The second kappa shape index (κ2) is 8.72. The first-order valence-electron chi connectivity index (χ1n) is 4.29. The summed E-state index contributed by atoms with van der Waals surface area (Å²) >= 11 is 0. The maximum atomic E-state index is 11.0. The molecule has 0 fully saturated rings. The molecule has 0 unspecified atom stereocenters. The van der Waals surface area contributed by atoms with Gasteiger partial charge in [-0.05, 0) is 0 Å². The zero-order valence-electron chi connectivity index (χ0n) is 8.12. The fraction of sp³-hybridized carbons (Fsp3) is 0.875. The number of esters is 1. The molecule has 0 rings (SSSR count). The highest BCUT2D eigenvalue weighted by Gasteiger charge is 2.06. The average Bonchev–Trinajstić information content (AvgIpc) is 2.10. The molecule has 0 aliphatic rings. The summed E-state index contributed by atoms with van der Waals surface area (Å²) in [5.41, 5.74) is 5.31. The van der Waals surface area contributed by atoms with Crippen molar-refractivity contribution in [1.29, 1.82) is 0 Å². The first kappa shape index (κ1) is 13.1. The van der Waals surface area contributed by atoms with Crippen molar-refractivity contribution in [3.05, 3.63) is 0 Å². The molecule has 0 amide bonds. The van der Waals surface area contributed by atoms with Crippen molar-refractivity contribution in [2.75, 3.05) is 24.7 Å². The minimum Gasteiger partial charge on any atom is -0.465 e. The number of hydrogen-bond acceptors (Lipinski definition) is 5. The van der Waals surface area contributed by atoms with Crippen LogP contribution in [0.5, 0.6) is 0 Å². The van der Waals surface area contributed by atoms with Crippen LogP contribution in [0, 0.1) is 5.92 Å². The number of carbonyl (C=O) groups is 1. The van der Waals surface area contributed by atoms with Crippen LogP contribution in [0.1, 0.15) is 13.8 Å². The zero-order chi connectivity index (χ0) is 10.1. The minimum atomic E-state index is -0.121. The molecular weight excluding hydrogens is 206 g/mol. The molecule has 0 heterocycles. The van der Waals surface area contributed by atoms with Gasteiger partial charge in [-0.3, -0.25) is 4.79 Å². The van der Waals surface area contributed by atoms with Crippen LogP contribution in [0.2, 0.25) is 0 Å². The summed E-state index contributed by atoms with van der Waals surface area (Å²) in [5.74, 6) is 1.64. The van der Waals surface area contributed by atoms with E-state index in [9.17, 15) is 4.79 Å². The molecule has 5 heteroatoms. The lowest BCUT2D eigenvalue weighted by molar-refractivity contribution is -0.146. The van der Waals surface area contributed by atoms with E-state index in [0.717, 1.165) is 11.5 Å². The van der Waals surface area contributed by atoms with Crippen molar-refractivity contribution >= 4 is 27.6 Å². The first-order chi connectivity index (χ1) is 6.18. The second-order valence-corrected chi connectivity index (χ2v) is 5.46. The van der Waals surface area contributed by atoms with Gasteiger partial charge in [0.05, 0.1) is 5.92 Å². The van der Waals surface area contributed by atoms with Crippen molar-refractivity contribution in [3.63, 3.8) is 0 Å². The molecule has 0 spiro atoms. The van der Waals surface area contributed by atoms with Crippen LogP contribution in [0.4, 0.5) is 0 Å². The summed E-state index contributed by atoms with van der Waals surface area (Å²) in [5, 5.41) is 0. The Kier molecular flexibility index (Phi) is 8.80. The van der Waals surface area contributed by atoms with Gasteiger partial charge >= 0.3 is 5.97 Å². The Bertz CT molecular complexity index is 142. The van der Waals surface area contributed by atoms with Crippen molar-refractivity contribution < 1.29 is 9.53 Å². The molecular formula is C8H17NO2S2. The third-order valence-electron chi connectivity index (χ3n) is 1.17. The van der Waals surface area contributed by atoms with Gasteiger partial charge < -0.3 is 10.5 Å². The molecule has 0 radical (unpaired) electrons. The first-order valence-corrected chi connectivity index (χ1v) is 6.78. The smallest absolute Gasteiger partial charge is 0.308 e. The molecule has 0 atom stereocenters. The highest BCUT2D eigenvalue weighted by atomic mass is 33.1. The van der Waals surface area contributed by atoms with Gasteiger partial charge in [0.15, 0.2) is 0 Å². The topological polar surface area (TPSA) is 52.3 Å². The monoisotopic (exact) mass is 223 g/mol. The summed E-state index contributed by atoms with van der Waals surface area (Å²) in [6.45, 7) is 4.86. The molecule has 0 aromatic heterocycles. The molecule has 0 aromatic carbocycles. The van der Waals surface area contributed by atoms with Crippen LogP contribution >= 0.6 is 21.6 Å². The maximum absolute atomic E-state index is 11.0. The fourth-order valence-corrected chi connectivity index (χ4v) is 2.19. The van der Waals surface area contributed by atoms with Gasteiger partial charge in [0.1, 0.15) is 6.61 Å². The predicted octanol–water partition coefficient (Wildman–Crippen LogP) is 1.53. The normalized spacial score (nSPS) is 10.5. The van der Waals surface area contributed by atoms with Gasteiger partial charge in [-0.15, -0.1) is 0 Å². The molecule has 2 N–H and O–H groups in total. The summed E-state index contributed by atoms with van der Waals surface area (Å²) in [4.78, 5) is 11.0. The van der Waals surface area contributed by atoms with E-state index >= 15 is 0 Å². The third-order valence-corrected chi connectivity index (χ3v) is 3.57. The zero-order valence-corrected chi connectivity index (χ0v) is 9.75. The van der Waals surface area contributed by atoms with Crippen molar-refractivity contribution in [2.24, 2.45) is 11.7 Å². The van der Waals surface area contributed by atoms with E-state index < -0.39 is 0 Å². The molecule has 0 aliphatic heterocycles. The Labute approximate surface area is 87.6 Å². The van der Waals surface area contributed by atoms with Crippen molar-refractivity contribution in [2.45, 2.75) is 13.8 Å². The molecule has 0 saturated heterocycles. The summed E-state index contributed by atoms with van der Waals surface area (Å²) in [7, 11) is 3.40. The lowest BCUT2D eigenvalue weighted by Crippen LogP contribution is -2.13. The Hall–Kier alpha value is 0.130. The number of ether oxygens (including phenoxy) is 1. The Morgan fingerprint density at radius 2 is 2.00 bits per heavy atom. The van der Waals surface area contributed by atoms with Crippen LogP contribution < -0.4 is 5.73 Å². The van der Waals surface area contributed by atoms with Gasteiger partial charge in [0, 0.05) is 18.1 Å². The van der Waals surface area contributed by atoms with Gasteiger partial charge in [0.2, 0.25) is 0 Å². The molecule has 0 aromatic rings. The van der Waals surface area contributed by atoms with Gasteiger partial charge in [-0.2, -0.15) is 0 Å². The Balaban J connectivity index is 3.12. The molecule has 13 heavy (non-hydrogen) atoms. The molecule has 78 valence electrons. The molecule has 0 bridgehead atoms. The average molecular weight is 223 g/mol. The molecule has 3 nitrogen and oxygen atoms in total. The van der Waals surface area contributed by atoms with Crippen LogP contribution in [0.25, 0.3) is 0 Å². The predicted molar refractivity (Wildman–Crippen MR) is 59.8 cm³/mol. The van der Waals surface area contributed by atoms with Gasteiger partial charge in [-0.25, -0.2) is 0 Å². The SMILES string of the molecule is CC(C)C(=O)OCCSSCCN. The van der Waals surface area contributed by atoms with Crippen LogP contribution in [0.3, 0.4) is 0 Å². The van der Waals surface area contributed by atoms with Crippen LogP contribution in [-0.4, -0.2) is 30.6 Å².